The molecular formula is C26H19Cl3N2O5S. The molecule has 1 saturated heterocycles. The van der Waals surface area contributed by atoms with E-state index in [1.165, 1.54) is 0 Å². The number of amides is 3. The van der Waals surface area contributed by atoms with Gasteiger partial charge in [0, 0.05) is 5.02 Å². The lowest BCUT2D eigenvalue weighted by Gasteiger charge is -2.13. The van der Waals surface area contributed by atoms with Gasteiger partial charge < -0.3 is 14.8 Å². The number of carbonyl (C=O) groups is 3. The van der Waals surface area contributed by atoms with Crippen molar-refractivity contribution in [2.75, 3.05) is 25.1 Å². The number of rotatable bonds is 9. The van der Waals surface area contributed by atoms with Gasteiger partial charge in [-0.25, -0.2) is 0 Å². The molecule has 0 aromatic heterocycles. The molecule has 3 aromatic rings. The van der Waals surface area contributed by atoms with Crippen LogP contribution in [0.15, 0.2) is 71.6 Å². The molecule has 0 saturated carbocycles. The highest BCUT2D eigenvalue weighted by Crippen LogP contribution is 2.34. The zero-order valence-corrected chi connectivity index (χ0v) is 22.2. The number of halogens is 3. The number of nitrogens with zero attached hydrogens (tertiary/aromatic N) is 1. The number of hydrogen-bond donors (Lipinski definition) is 1. The van der Waals surface area contributed by atoms with E-state index in [4.69, 9.17) is 44.3 Å². The first-order chi connectivity index (χ1) is 17.8. The van der Waals surface area contributed by atoms with E-state index in [-0.39, 0.29) is 34.9 Å². The molecule has 7 nitrogen and oxygen atoms in total. The quantitative estimate of drug-likeness (QED) is 0.282. The predicted octanol–water partition coefficient (Wildman–Crippen LogP) is 6.78. The Morgan fingerprint density at radius 2 is 1.70 bits per heavy atom. The lowest BCUT2D eigenvalue weighted by Crippen LogP contribution is -2.32. The van der Waals surface area contributed by atoms with E-state index in [0.717, 1.165) is 16.7 Å². The molecular weight excluding hydrogens is 559 g/mol. The molecule has 11 heteroatoms. The first-order valence-corrected chi connectivity index (χ1v) is 12.9. The van der Waals surface area contributed by atoms with Gasteiger partial charge in [0.1, 0.15) is 18.1 Å². The maximum absolute atomic E-state index is 12.7. The van der Waals surface area contributed by atoms with Crippen LogP contribution in [0.5, 0.6) is 11.5 Å². The van der Waals surface area contributed by atoms with Crippen molar-refractivity contribution in [2.24, 2.45) is 0 Å². The highest BCUT2D eigenvalue weighted by atomic mass is 35.5. The number of ether oxygens (including phenoxy) is 2. The predicted molar refractivity (Wildman–Crippen MR) is 147 cm³/mol. The number of hydrogen-bond acceptors (Lipinski definition) is 6. The minimum absolute atomic E-state index is 0.106. The van der Waals surface area contributed by atoms with Gasteiger partial charge in [0.15, 0.2) is 6.61 Å². The van der Waals surface area contributed by atoms with Gasteiger partial charge in [0.25, 0.3) is 17.1 Å². The summed E-state index contributed by atoms with van der Waals surface area (Å²) in [7, 11) is 0. The summed E-state index contributed by atoms with van der Waals surface area (Å²) in [6, 6.07) is 18.5. The van der Waals surface area contributed by atoms with Crippen LogP contribution in [0.25, 0.3) is 6.08 Å². The number of benzene rings is 3. The molecule has 0 bridgehead atoms. The lowest BCUT2D eigenvalue weighted by atomic mass is 10.2. The Bertz CT molecular complexity index is 1360. The average Bonchev–Trinajstić information content (AvgIpc) is 3.13. The third-order valence-electron chi connectivity index (χ3n) is 5.03. The van der Waals surface area contributed by atoms with Crippen LogP contribution in [-0.4, -0.2) is 41.7 Å². The molecule has 0 atom stereocenters. The Kier molecular flexibility index (Phi) is 9.00. The molecule has 1 fully saturated rings. The molecule has 37 heavy (non-hydrogen) atoms. The smallest absolute Gasteiger partial charge is 0.293 e. The van der Waals surface area contributed by atoms with Crippen molar-refractivity contribution in [1.82, 2.24) is 4.90 Å². The third-order valence-corrected chi connectivity index (χ3v) is 6.82. The monoisotopic (exact) mass is 576 g/mol. The second-order valence-electron chi connectivity index (χ2n) is 7.64. The standard InChI is InChI=1S/C26H19Cl3N2O5S/c27-17-6-8-18(9-7-17)35-12-11-31-25(33)23(37-26(31)34)14-16-5-10-22(20(29)13-16)36-15-24(32)30-21-4-2-1-3-19(21)28/h1-10,13-14H,11-12,15H2,(H,30,32)/b23-14-. The number of nitrogens with one attached hydrogen (secondary N) is 1. The molecule has 0 radical (unpaired) electrons. The molecule has 1 aliphatic heterocycles. The van der Waals surface area contributed by atoms with Gasteiger partial charge >= 0.3 is 0 Å². The van der Waals surface area contributed by atoms with Crippen LogP contribution in [0.1, 0.15) is 5.56 Å². The highest BCUT2D eigenvalue weighted by molar-refractivity contribution is 8.18. The van der Waals surface area contributed by atoms with Crippen molar-refractivity contribution < 1.29 is 23.9 Å². The molecule has 0 unspecified atom stereocenters. The third kappa shape index (κ3) is 7.20. The van der Waals surface area contributed by atoms with Crippen LogP contribution in [0, 0.1) is 0 Å². The number of thioether (sulfide) groups is 1. The van der Waals surface area contributed by atoms with Gasteiger partial charge in [0.05, 0.1) is 27.2 Å². The van der Waals surface area contributed by atoms with Gasteiger partial charge in [-0.15, -0.1) is 0 Å². The number of carbonyl (C=O) groups excluding carboxylic acids is 3. The Balaban J connectivity index is 1.32. The molecule has 3 amide bonds. The lowest BCUT2D eigenvalue weighted by molar-refractivity contribution is -0.123. The molecule has 1 heterocycles. The average molecular weight is 578 g/mol. The summed E-state index contributed by atoms with van der Waals surface area (Å²) in [6.45, 7) is -0.0232. The Labute approximate surface area is 232 Å². The number of anilines is 1. The van der Waals surface area contributed by atoms with E-state index in [9.17, 15) is 14.4 Å². The van der Waals surface area contributed by atoms with E-state index in [0.29, 0.717) is 32.8 Å². The Morgan fingerprint density at radius 3 is 2.43 bits per heavy atom. The van der Waals surface area contributed by atoms with Gasteiger partial charge in [0.2, 0.25) is 0 Å². The van der Waals surface area contributed by atoms with Crippen molar-refractivity contribution in [3.05, 3.63) is 92.3 Å². The van der Waals surface area contributed by atoms with E-state index in [1.807, 2.05) is 0 Å². The molecule has 0 aliphatic carbocycles. The van der Waals surface area contributed by atoms with Gasteiger partial charge in [-0.05, 0) is 71.9 Å². The first-order valence-electron chi connectivity index (χ1n) is 10.9. The summed E-state index contributed by atoms with van der Waals surface area (Å²) in [4.78, 5) is 38.7. The molecule has 190 valence electrons. The van der Waals surface area contributed by atoms with Crippen molar-refractivity contribution >= 4 is 75.4 Å². The van der Waals surface area contributed by atoms with Crippen molar-refractivity contribution in [2.45, 2.75) is 0 Å². The van der Waals surface area contributed by atoms with Gasteiger partial charge in [-0.1, -0.05) is 53.0 Å². The second kappa shape index (κ2) is 12.4. The van der Waals surface area contributed by atoms with Crippen LogP contribution >= 0.6 is 46.6 Å². The van der Waals surface area contributed by atoms with E-state index < -0.39 is 11.8 Å². The SMILES string of the molecule is O=C(COc1ccc(/C=C2\SC(=O)N(CCOc3ccc(Cl)cc3)C2=O)cc1Cl)Nc1ccccc1Cl. The minimum Gasteiger partial charge on any atom is -0.492 e. The fourth-order valence-electron chi connectivity index (χ4n) is 3.25. The van der Waals surface area contributed by atoms with Crippen molar-refractivity contribution in [3.8, 4) is 11.5 Å². The van der Waals surface area contributed by atoms with Crippen LogP contribution < -0.4 is 14.8 Å². The minimum atomic E-state index is -0.414. The Hall–Kier alpha value is -3.17. The largest absolute Gasteiger partial charge is 0.492 e. The summed E-state index contributed by atoms with van der Waals surface area (Å²) >= 11 is 19.0. The summed E-state index contributed by atoms with van der Waals surface area (Å²) in [5.41, 5.74) is 1.07. The topological polar surface area (TPSA) is 84.9 Å². The van der Waals surface area contributed by atoms with E-state index in [1.54, 1.807) is 72.8 Å². The zero-order chi connectivity index (χ0) is 26.4. The molecule has 0 spiro atoms. The van der Waals surface area contributed by atoms with Gasteiger partial charge in [-0.3, -0.25) is 19.3 Å². The summed E-state index contributed by atoms with van der Waals surface area (Å²) in [5, 5.41) is 3.52. The van der Waals surface area contributed by atoms with Crippen molar-refractivity contribution in [3.63, 3.8) is 0 Å². The molecule has 1 N–H and O–H groups in total. The van der Waals surface area contributed by atoms with Crippen LogP contribution in [0.2, 0.25) is 15.1 Å². The maximum atomic E-state index is 12.7. The zero-order valence-electron chi connectivity index (χ0n) is 19.1. The van der Waals surface area contributed by atoms with E-state index in [2.05, 4.69) is 5.32 Å². The fraction of sp³-hybridized carbons (Fsp3) is 0.115. The second-order valence-corrected chi connectivity index (χ2v) is 9.89. The normalized spacial score (nSPS) is 14.2. The fourth-order valence-corrected chi connectivity index (χ4v) is 4.66. The first kappa shape index (κ1) is 26.9. The van der Waals surface area contributed by atoms with E-state index >= 15 is 0 Å². The van der Waals surface area contributed by atoms with Crippen LogP contribution in [0.4, 0.5) is 10.5 Å². The molecule has 3 aromatic carbocycles. The highest BCUT2D eigenvalue weighted by Gasteiger charge is 2.34. The molecule has 1 aliphatic rings. The van der Waals surface area contributed by atoms with Crippen LogP contribution in [0.3, 0.4) is 0 Å². The maximum Gasteiger partial charge on any atom is 0.293 e. The van der Waals surface area contributed by atoms with Crippen molar-refractivity contribution in [1.29, 1.82) is 0 Å². The summed E-state index contributed by atoms with van der Waals surface area (Å²) in [5.74, 6) is 0.0649. The summed E-state index contributed by atoms with van der Waals surface area (Å²) in [6.07, 6.45) is 1.57. The Morgan fingerprint density at radius 1 is 0.946 bits per heavy atom. The van der Waals surface area contributed by atoms with Gasteiger partial charge in [-0.2, -0.15) is 0 Å². The number of para-hydroxylation sites is 1. The summed E-state index contributed by atoms with van der Waals surface area (Å²) < 4.78 is 11.1. The number of imide groups is 1. The van der Waals surface area contributed by atoms with Crippen LogP contribution in [-0.2, 0) is 9.59 Å². The molecule has 4 rings (SSSR count).